The summed E-state index contributed by atoms with van der Waals surface area (Å²) < 4.78 is 0. The molecule has 1 fully saturated rings. The molecule has 0 radical (unpaired) electrons. The summed E-state index contributed by atoms with van der Waals surface area (Å²) in [6.45, 7) is 9.06. The number of rotatable bonds is 5. The van der Waals surface area contributed by atoms with Crippen molar-refractivity contribution in [2.75, 3.05) is 13.1 Å². The van der Waals surface area contributed by atoms with Crippen molar-refractivity contribution in [3.8, 4) is 0 Å². The van der Waals surface area contributed by atoms with Crippen LogP contribution in [0.15, 0.2) is 24.3 Å². The van der Waals surface area contributed by atoms with Gasteiger partial charge in [0, 0.05) is 12.0 Å². The van der Waals surface area contributed by atoms with Gasteiger partial charge < -0.3 is 5.32 Å². The molecule has 0 aromatic heterocycles. The van der Waals surface area contributed by atoms with Crippen molar-refractivity contribution >= 4 is 0 Å². The molecule has 0 amide bonds. The van der Waals surface area contributed by atoms with Gasteiger partial charge in [0.2, 0.25) is 0 Å². The maximum Gasteiger partial charge on any atom is 0.00778 e. The number of hydrogen-bond donors (Lipinski definition) is 1. The Balaban J connectivity index is 2.14. The van der Waals surface area contributed by atoms with E-state index >= 15 is 0 Å². The summed E-state index contributed by atoms with van der Waals surface area (Å²) in [5.74, 6) is 0.734. The number of hydrogen-bond acceptors (Lipinski definition) is 1. The molecule has 1 saturated carbocycles. The largest absolute Gasteiger partial charge is 0.316 e. The first-order valence-corrected chi connectivity index (χ1v) is 7.90. The van der Waals surface area contributed by atoms with Gasteiger partial charge in [0.15, 0.2) is 0 Å². The van der Waals surface area contributed by atoms with Crippen molar-refractivity contribution in [1.29, 1.82) is 0 Å². The molecule has 1 aliphatic carbocycles. The second-order valence-electron chi connectivity index (χ2n) is 6.74. The average molecular weight is 259 g/mol. The van der Waals surface area contributed by atoms with Gasteiger partial charge in [0.05, 0.1) is 0 Å². The molecule has 0 bridgehead atoms. The quantitative estimate of drug-likeness (QED) is 0.824. The molecule has 1 aromatic carbocycles. The van der Waals surface area contributed by atoms with Crippen LogP contribution in [0.2, 0.25) is 0 Å². The SMILES string of the molecule is Cc1cccc(C2(CNCC(C)C)CCCCC2)c1. The van der Waals surface area contributed by atoms with E-state index in [1.165, 1.54) is 37.7 Å². The molecule has 0 spiro atoms. The molecule has 1 aromatic rings. The standard InChI is InChI=1S/C18H29N/c1-15(2)13-19-14-18(10-5-4-6-11-18)17-9-7-8-16(3)12-17/h7-9,12,15,19H,4-6,10-11,13-14H2,1-3H3. The van der Waals surface area contributed by atoms with E-state index in [0.717, 1.165) is 19.0 Å². The zero-order valence-electron chi connectivity index (χ0n) is 12.8. The maximum atomic E-state index is 3.71. The molecule has 106 valence electrons. The normalized spacial score (nSPS) is 18.7. The van der Waals surface area contributed by atoms with Crippen LogP contribution in [0.1, 0.15) is 57.1 Å². The highest BCUT2D eigenvalue weighted by Gasteiger charge is 2.33. The van der Waals surface area contributed by atoms with E-state index in [0.29, 0.717) is 5.41 Å². The van der Waals surface area contributed by atoms with Crippen LogP contribution in [-0.2, 0) is 5.41 Å². The minimum absolute atomic E-state index is 0.388. The third-order valence-corrected chi connectivity index (χ3v) is 4.46. The predicted octanol–water partition coefficient (Wildman–Crippen LogP) is 4.44. The van der Waals surface area contributed by atoms with Gasteiger partial charge in [-0.2, -0.15) is 0 Å². The second kappa shape index (κ2) is 6.56. The fourth-order valence-corrected chi connectivity index (χ4v) is 3.37. The molecule has 2 rings (SSSR count). The van der Waals surface area contributed by atoms with Crippen LogP contribution in [0.5, 0.6) is 0 Å². The predicted molar refractivity (Wildman–Crippen MR) is 83.6 cm³/mol. The summed E-state index contributed by atoms with van der Waals surface area (Å²) in [5.41, 5.74) is 3.34. The smallest absolute Gasteiger partial charge is 0.00778 e. The minimum atomic E-state index is 0.388. The molecule has 1 heteroatoms. The third kappa shape index (κ3) is 3.82. The van der Waals surface area contributed by atoms with E-state index in [1.807, 2.05) is 0 Å². The van der Waals surface area contributed by atoms with Gasteiger partial charge >= 0.3 is 0 Å². The maximum absolute atomic E-state index is 3.71. The molecule has 0 heterocycles. The van der Waals surface area contributed by atoms with Crippen LogP contribution in [0.3, 0.4) is 0 Å². The molecule has 0 aliphatic heterocycles. The lowest BCUT2D eigenvalue weighted by atomic mass is 9.69. The van der Waals surface area contributed by atoms with Gasteiger partial charge in [-0.25, -0.2) is 0 Å². The highest BCUT2D eigenvalue weighted by atomic mass is 14.9. The van der Waals surface area contributed by atoms with Crippen molar-refractivity contribution in [1.82, 2.24) is 5.32 Å². The molecule has 0 atom stereocenters. The molecule has 1 nitrogen and oxygen atoms in total. The highest BCUT2D eigenvalue weighted by molar-refractivity contribution is 5.30. The zero-order valence-corrected chi connectivity index (χ0v) is 12.8. The van der Waals surface area contributed by atoms with Gasteiger partial charge in [-0.05, 0) is 37.8 Å². The summed E-state index contributed by atoms with van der Waals surface area (Å²) in [6, 6.07) is 9.18. The Bertz CT molecular complexity index is 388. The first-order valence-electron chi connectivity index (χ1n) is 7.90. The van der Waals surface area contributed by atoms with Crippen LogP contribution < -0.4 is 5.32 Å². The molecule has 1 aliphatic rings. The first kappa shape index (κ1) is 14.6. The summed E-state index contributed by atoms with van der Waals surface area (Å²) in [4.78, 5) is 0. The van der Waals surface area contributed by atoms with Gasteiger partial charge in [-0.1, -0.05) is 62.9 Å². The van der Waals surface area contributed by atoms with Gasteiger partial charge in [-0.3, -0.25) is 0 Å². The second-order valence-corrected chi connectivity index (χ2v) is 6.74. The lowest BCUT2D eigenvalue weighted by Crippen LogP contribution is -2.41. The number of nitrogens with one attached hydrogen (secondary N) is 1. The third-order valence-electron chi connectivity index (χ3n) is 4.46. The monoisotopic (exact) mass is 259 g/mol. The summed E-state index contributed by atoms with van der Waals surface area (Å²) in [6.07, 6.45) is 6.88. The molecule has 0 unspecified atom stereocenters. The van der Waals surface area contributed by atoms with Crippen LogP contribution in [-0.4, -0.2) is 13.1 Å². The van der Waals surface area contributed by atoms with Crippen molar-refractivity contribution < 1.29 is 0 Å². The van der Waals surface area contributed by atoms with E-state index < -0.39 is 0 Å². The average Bonchev–Trinajstić information content (AvgIpc) is 2.39. The Morgan fingerprint density at radius 2 is 1.89 bits per heavy atom. The first-order chi connectivity index (χ1) is 9.12. The Morgan fingerprint density at radius 3 is 2.53 bits per heavy atom. The topological polar surface area (TPSA) is 12.0 Å². The summed E-state index contributed by atoms with van der Waals surface area (Å²) in [5, 5.41) is 3.71. The van der Waals surface area contributed by atoms with Crippen molar-refractivity contribution in [2.45, 2.75) is 58.3 Å². The van der Waals surface area contributed by atoms with Crippen LogP contribution >= 0.6 is 0 Å². The lowest BCUT2D eigenvalue weighted by molar-refractivity contribution is 0.276. The Morgan fingerprint density at radius 1 is 1.16 bits per heavy atom. The van der Waals surface area contributed by atoms with E-state index in [9.17, 15) is 0 Å². The van der Waals surface area contributed by atoms with Crippen LogP contribution in [0.4, 0.5) is 0 Å². The Labute approximate surface area is 118 Å². The summed E-state index contributed by atoms with van der Waals surface area (Å²) >= 11 is 0. The van der Waals surface area contributed by atoms with E-state index in [2.05, 4.69) is 50.4 Å². The highest BCUT2D eigenvalue weighted by Crippen LogP contribution is 2.39. The summed E-state index contributed by atoms with van der Waals surface area (Å²) in [7, 11) is 0. The molecular weight excluding hydrogens is 230 g/mol. The zero-order chi connectivity index (χ0) is 13.7. The molecule has 19 heavy (non-hydrogen) atoms. The molecule has 0 saturated heterocycles. The Kier molecular flexibility index (Phi) is 5.04. The van der Waals surface area contributed by atoms with Crippen molar-refractivity contribution in [3.05, 3.63) is 35.4 Å². The molecular formula is C18H29N. The van der Waals surface area contributed by atoms with Gasteiger partial charge in [0.25, 0.3) is 0 Å². The van der Waals surface area contributed by atoms with Gasteiger partial charge in [-0.15, -0.1) is 0 Å². The fourth-order valence-electron chi connectivity index (χ4n) is 3.37. The van der Waals surface area contributed by atoms with E-state index in [-0.39, 0.29) is 0 Å². The number of aryl methyl sites for hydroxylation is 1. The van der Waals surface area contributed by atoms with Crippen LogP contribution in [0.25, 0.3) is 0 Å². The lowest BCUT2D eigenvalue weighted by Gasteiger charge is -2.38. The minimum Gasteiger partial charge on any atom is -0.316 e. The van der Waals surface area contributed by atoms with E-state index in [1.54, 1.807) is 5.56 Å². The van der Waals surface area contributed by atoms with Crippen molar-refractivity contribution in [2.24, 2.45) is 5.92 Å². The van der Waals surface area contributed by atoms with Gasteiger partial charge in [0.1, 0.15) is 0 Å². The van der Waals surface area contributed by atoms with Crippen LogP contribution in [0, 0.1) is 12.8 Å². The van der Waals surface area contributed by atoms with Crippen molar-refractivity contribution in [3.63, 3.8) is 0 Å². The number of benzene rings is 1. The fraction of sp³-hybridized carbons (Fsp3) is 0.667. The van der Waals surface area contributed by atoms with E-state index in [4.69, 9.17) is 0 Å². The molecule has 1 N–H and O–H groups in total. The Hall–Kier alpha value is -0.820.